The van der Waals surface area contributed by atoms with E-state index in [0.717, 1.165) is 89.4 Å². The molecule has 0 N–H and O–H groups in total. The van der Waals surface area contributed by atoms with Crippen LogP contribution in [0, 0.1) is 40.6 Å². The molecule has 456 valence electrons. The molecule has 0 atom stereocenters. The molecule has 0 aromatic heterocycles. The van der Waals surface area contributed by atoms with Crippen molar-refractivity contribution in [1.82, 2.24) is 0 Å². The van der Waals surface area contributed by atoms with E-state index in [1.165, 1.54) is 21.5 Å². The lowest BCUT2D eigenvalue weighted by molar-refractivity contribution is 0.112. The topological polar surface area (TPSA) is 135 Å². The van der Waals surface area contributed by atoms with Crippen molar-refractivity contribution in [2.75, 3.05) is 23.0 Å². The predicted octanol–water partition coefficient (Wildman–Crippen LogP) is 22.8. The van der Waals surface area contributed by atoms with Gasteiger partial charge in [-0.15, -0.1) is 0 Å². The number of hydrogen-bond donors (Lipinski definition) is 0. The SMILES string of the molecule is CCOP(=O)(Cc1ccc2c(C#N)c3ccccc3c(C#N)c2c1)OCC.O=Cc1ccc(N(c2ccccc2)c2cccc3ccccc23)cc1.[C-]#[N+]c1c2ccccc2c(C#N)c2ccc(C=Cc3ccc(N(c4ccccc4)c4cccc5ccccc45)cc3)cc12. The van der Waals surface area contributed by atoms with Gasteiger partial charge >= 0.3 is 7.60 Å². The highest BCUT2D eigenvalue weighted by molar-refractivity contribution is 7.53. The molecule has 0 bridgehead atoms. The smallest absolute Gasteiger partial charge is 0.310 e. The third-order valence-electron chi connectivity index (χ3n) is 16.5. The Morgan fingerprint density at radius 2 is 0.779 bits per heavy atom. The van der Waals surface area contributed by atoms with Gasteiger partial charge < -0.3 is 18.8 Å². The van der Waals surface area contributed by atoms with Gasteiger partial charge in [0.2, 0.25) is 5.69 Å². The Morgan fingerprint density at radius 1 is 0.400 bits per heavy atom. The Kier molecular flexibility index (Phi) is 19.2. The fourth-order valence-electron chi connectivity index (χ4n) is 12.3. The van der Waals surface area contributed by atoms with Crippen LogP contribution in [0.4, 0.5) is 39.8 Å². The molecule has 14 rings (SSSR count). The molecule has 11 heteroatoms. The Bertz CT molecular complexity index is 5420. The van der Waals surface area contributed by atoms with Crippen molar-refractivity contribution in [2.45, 2.75) is 20.0 Å². The third-order valence-corrected chi connectivity index (χ3v) is 18.6. The number of hydrogen-bond acceptors (Lipinski definition) is 9. The molecule has 0 spiro atoms. The first kappa shape index (κ1) is 62.9. The lowest BCUT2D eigenvalue weighted by atomic mass is 9.92. The van der Waals surface area contributed by atoms with E-state index in [1.54, 1.807) is 19.9 Å². The number of carbonyl (C=O) groups excluding carboxylic acids is 1. The third kappa shape index (κ3) is 13.3. The summed E-state index contributed by atoms with van der Waals surface area (Å²) in [7, 11) is -3.26. The Balaban J connectivity index is 0.000000144. The van der Waals surface area contributed by atoms with Gasteiger partial charge in [0.1, 0.15) is 24.5 Å². The average Bonchev–Trinajstić information content (AvgIpc) is 0.771. The summed E-state index contributed by atoms with van der Waals surface area (Å²) in [5.41, 5.74) is 12.2. The number of para-hydroxylation sites is 2. The molecular weight excluding hydrogens is 1190 g/mol. The fraction of sp³-hybridized carbons (Fsp3) is 0.0595. The first-order valence-electron chi connectivity index (χ1n) is 31.1. The molecule has 0 aliphatic heterocycles. The summed E-state index contributed by atoms with van der Waals surface area (Å²) in [6, 6.07) is 99.9. The van der Waals surface area contributed by atoms with Crippen molar-refractivity contribution in [2.24, 2.45) is 0 Å². The number of nitrogens with zero attached hydrogens (tertiary/aromatic N) is 6. The highest BCUT2D eigenvalue weighted by Gasteiger charge is 2.25. The Morgan fingerprint density at radius 3 is 1.26 bits per heavy atom. The summed E-state index contributed by atoms with van der Waals surface area (Å²) in [4.78, 5) is 19.4. The van der Waals surface area contributed by atoms with Crippen molar-refractivity contribution in [3.05, 3.63) is 329 Å². The largest absolute Gasteiger partial charge is 0.335 e. The standard InChI is InChI=1S/C40H25N3.C23H17NO.C21H19N2O3P/c1-42-40-36-16-8-7-15-34(36)38(27-41)35-25-22-29(26-37(35)40)19-18-28-20-23-32(24-21-28)43(31-12-3-2-4-13-31)39-17-9-11-30-10-5-6-14-33(30)39;25-17-18-13-15-21(16-14-18)24(20-9-2-1-3-10-20)23-12-6-8-19-7-4-5-11-22(19)23;1-3-25-27(24,26-4-2)14-15-9-10-18-19(11-15)21(13-23)17-8-6-5-7-16(17)20(18)12-22/h2-26H;1-17H;5-11H,3-4,14H2,1-2H3. The van der Waals surface area contributed by atoms with E-state index in [9.17, 15) is 25.1 Å². The number of anilines is 6. The van der Waals surface area contributed by atoms with E-state index < -0.39 is 7.60 Å². The van der Waals surface area contributed by atoms with Gasteiger partial charge in [-0.3, -0.25) is 9.36 Å². The van der Waals surface area contributed by atoms with E-state index in [2.05, 4.69) is 191 Å². The van der Waals surface area contributed by atoms with E-state index in [1.807, 2.05) is 127 Å². The number of nitriles is 3. The minimum atomic E-state index is -3.26. The molecule has 14 aromatic carbocycles. The molecule has 0 aliphatic rings. The van der Waals surface area contributed by atoms with Crippen LogP contribution >= 0.6 is 7.60 Å². The fourth-order valence-corrected chi connectivity index (χ4v) is 14.0. The van der Waals surface area contributed by atoms with E-state index in [4.69, 9.17) is 15.6 Å². The maximum absolute atomic E-state index is 12.8. The number of benzene rings is 14. The first-order valence-corrected chi connectivity index (χ1v) is 32.8. The lowest BCUT2D eigenvalue weighted by Gasteiger charge is -2.27. The summed E-state index contributed by atoms with van der Waals surface area (Å²) < 4.78 is 23.6. The zero-order valence-corrected chi connectivity index (χ0v) is 53.1. The van der Waals surface area contributed by atoms with Gasteiger partial charge in [0.15, 0.2) is 0 Å². The number of aldehydes is 1. The quantitative estimate of drug-likeness (QED) is 0.0323. The number of carbonyl (C=O) groups is 1. The molecule has 0 heterocycles. The molecular formula is C84H61N6O4P. The molecule has 0 radical (unpaired) electrons. The molecule has 0 saturated heterocycles. The zero-order valence-electron chi connectivity index (χ0n) is 52.2. The van der Waals surface area contributed by atoms with Crippen LogP contribution in [0.1, 0.15) is 57.6 Å². The van der Waals surface area contributed by atoms with Crippen molar-refractivity contribution in [3.8, 4) is 18.2 Å². The molecule has 0 saturated carbocycles. The van der Waals surface area contributed by atoms with Crippen molar-refractivity contribution >= 4 is 130 Å². The van der Waals surface area contributed by atoms with Gasteiger partial charge in [0, 0.05) is 60.6 Å². The van der Waals surface area contributed by atoms with Crippen LogP contribution in [0.3, 0.4) is 0 Å². The molecule has 95 heavy (non-hydrogen) atoms. The highest BCUT2D eigenvalue weighted by atomic mass is 31.2. The van der Waals surface area contributed by atoms with Crippen LogP contribution < -0.4 is 9.80 Å². The highest BCUT2D eigenvalue weighted by Crippen LogP contribution is 2.52. The molecule has 0 aliphatic carbocycles. The minimum Gasteiger partial charge on any atom is -0.310 e. The van der Waals surface area contributed by atoms with Crippen LogP contribution in [0.2, 0.25) is 0 Å². The summed E-state index contributed by atoms with van der Waals surface area (Å²) in [6.45, 7) is 12.0. The molecule has 14 aromatic rings. The van der Waals surface area contributed by atoms with Crippen LogP contribution in [0.5, 0.6) is 0 Å². The normalized spacial score (nSPS) is 11.1. The predicted molar refractivity (Wildman–Crippen MR) is 389 cm³/mol. The lowest BCUT2D eigenvalue weighted by Crippen LogP contribution is -2.10. The van der Waals surface area contributed by atoms with Crippen molar-refractivity contribution in [1.29, 1.82) is 15.8 Å². The molecule has 10 nitrogen and oxygen atoms in total. The zero-order chi connectivity index (χ0) is 65.7. The maximum Gasteiger partial charge on any atom is 0.335 e. The second-order valence-corrected chi connectivity index (χ2v) is 24.3. The van der Waals surface area contributed by atoms with Gasteiger partial charge in [0.05, 0.1) is 54.0 Å². The second-order valence-electron chi connectivity index (χ2n) is 22.3. The van der Waals surface area contributed by atoms with Gasteiger partial charge in [-0.05, 0) is 142 Å². The van der Waals surface area contributed by atoms with Crippen LogP contribution in [0.15, 0.2) is 279 Å². The van der Waals surface area contributed by atoms with Gasteiger partial charge in [-0.25, -0.2) is 4.85 Å². The maximum atomic E-state index is 12.8. The van der Waals surface area contributed by atoms with Crippen LogP contribution in [-0.2, 0) is 19.8 Å². The molecule has 0 amide bonds. The van der Waals surface area contributed by atoms with Gasteiger partial charge in [-0.2, -0.15) is 15.8 Å². The van der Waals surface area contributed by atoms with Crippen molar-refractivity contribution < 1.29 is 18.4 Å². The van der Waals surface area contributed by atoms with Crippen LogP contribution in [-0.4, -0.2) is 19.5 Å². The first-order chi connectivity index (χ1) is 46.7. The summed E-state index contributed by atoms with van der Waals surface area (Å²) >= 11 is 0. The van der Waals surface area contributed by atoms with E-state index in [0.29, 0.717) is 38.7 Å². The summed E-state index contributed by atoms with van der Waals surface area (Å²) in [5, 5.41) is 40.3. The average molecular weight is 1250 g/mol. The molecule has 0 unspecified atom stereocenters. The van der Waals surface area contributed by atoms with Crippen LogP contribution in [0.25, 0.3) is 81.6 Å². The van der Waals surface area contributed by atoms with E-state index in [-0.39, 0.29) is 19.4 Å². The van der Waals surface area contributed by atoms with Crippen molar-refractivity contribution in [3.63, 3.8) is 0 Å². The number of fused-ring (bicyclic) bond motifs is 6. The Hall–Kier alpha value is -12.2. The summed E-state index contributed by atoms with van der Waals surface area (Å²) in [6.07, 6.45) is 5.13. The Labute approximate surface area is 552 Å². The minimum absolute atomic E-state index is 0.115. The monoisotopic (exact) mass is 1250 g/mol. The molecule has 0 fully saturated rings. The van der Waals surface area contributed by atoms with E-state index >= 15 is 0 Å². The van der Waals surface area contributed by atoms with Gasteiger partial charge in [0.25, 0.3) is 0 Å². The van der Waals surface area contributed by atoms with Gasteiger partial charge in [-0.1, -0.05) is 212 Å². The summed E-state index contributed by atoms with van der Waals surface area (Å²) in [5.74, 6) is 0. The second kappa shape index (κ2) is 28.9. The number of rotatable bonds is 15.